The maximum absolute atomic E-state index is 14.5. The fraction of sp³-hybridized carbons (Fsp3) is 0.455. The van der Waals surface area contributed by atoms with Crippen molar-refractivity contribution in [3.05, 3.63) is 57.9 Å². The summed E-state index contributed by atoms with van der Waals surface area (Å²) in [5.74, 6) is -0.00355. The average molecular weight is 481 g/mol. The van der Waals surface area contributed by atoms with Crippen molar-refractivity contribution >= 4 is 27.0 Å². The van der Waals surface area contributed by atoms with Crippen LogP contribution in [0.2, 0.25) is 0 Å². The number of hydrogen-bond acceptors (Lipinski definition) is 7. The predicted molar refractivity (Wildman–Crippen MR) is 124 cm³/mol. The van der Waals surface area contributed by atoms with Gasteiger partial charge in [-0.1, -0.05) is 20.8 Å². The summed E-state index contributed by atoms with van der Waals surface area (Å²) in [7, 11) is -3.90. The molecule has 3 rings (SSSR count). The fourth-order valence-electron chi connectivity index (χ4n) is 3.20. The minimum Gasteiger partial charge on any atom is -0.448 e. The molecule has 0 saturated heterocycles. The first kappa shape index (κ1) is 24.3. The molecule has 0 aliphatic carbocycles. The lowest BCUT2D eigenvalue weighted by molar-refractivity contribution is 0.403. The van der Waals surface area contributed by atoms with Gasteiger partial charge in [0.15, 0.2) is 6.39 Å². The lowest BCUT2D eigenvalue weighted by atomic mass is 9.92. The van der Waals surface area contributed by atoms with Crippen LogP contribution in [0.3, 0.4) is 0 Å². The number of nitrogens with zero attached hydrogens (tertiary/aromatic N) is 2. The number of aromatic nitrogens is 2. The fourth-order valence-corrected chi connectivity index (χ4v) is 5.02. The summed E-state index contributed by atoms with van der Waals surface area (Å²) in [6.07, 6.45) is 3.99. The molecular weight excluding hydrogens is 451 g/mol. The zero-order valence-electron chi connectivity index (χ0n) is 18.7. The van der Waals surface area contributed by atoms with Gasteiger partial charge in [0, 0.05) is 23.0 Å². The van der Waals surface area contributed by atoms with Gasteiger partial charge >= 0.3 is 0 Å². The second kappa shape index (κ2) is 10.1. The number of thiazole rings is 1. The molecule has 10 heteroatoms. The summed E-state index contributed by atoms with van der Waals surface area (Å²) in [5, 5.41) is 6.17. The minimum atomic E-state index is -3.90. The van der Waals surface area contributed by atoms with Gasteiger partial charge in [0.1, 0.15) is 11.6 Å². The van der Waals surface area contributed by atoms with Crippen molar-refractivity contribution in [2.24, 2.45) is 0 Å². The number of aryl methyl sites for hydroxylation is 2. The summed E-state index contributed by atoms with van der Waals surface area (Å²) < 4.78 is 47.6. The van der Waals surface area contributed by atoms with Crippen LogP contribution in [-0.4, -0.2) is 24.9 Å². The van der Waals surface area contributed by atoms with Gasteiger partial charge < -0.3 is 9.73 Å². The maximum atomic E-state index is 14.5. The number of hydrogen-bond donors (Lipinski definition) is 2. The summed E-state index contributed by atoms with van der Waals surface area (Å²) >= 11 is 1.65. The minimum absolute atomic E-state index is 0.0360. The molecule has 2 heterocycles. The lowest BCUT2D eigenvalue weighted by Gasteiger charge is -2.16. The first-order chi connectivity index (χ1) is 15.1. The van der Waals surface area contributed by atoms with Crippen molar-refractivity contribution in [2.45, 2.75) is 63.8 Å². The lowest BCUT2D eigenvalue weighted by Crippen LogP contribution is -2.25. The second-order valence-electron chi connectivity index (χ2n) is 8.61. The third kappa shape index (κ3) is 6.36. The molecule has 32 heavy (non-hydrogen) atoms. The molecule has 3 aromatic rings. The quantitative estimate of drug-likeness (QED) is 0.405. The Bertz CT molecular complexity index is 1150. The molecule has 174 valence electrons. The maximum Gasteiger partial charge on any atom is 0.241 e. The molecule has 0 fully saturated rings. The highest BCUT2D eigenvalue weighted by molar-refractivity contribution is 7.89. The Balaban J connectivity index is 1.53. The Morgan fingerprint density at radius 1 is 1.22 bits per heavy atom. The van der Waals surface area contributed by atoms with E-state index in [1.807, 2.05) is 33.1 Å². The van der Waals surface area contributed by atoms with Gasteiger partial charge in [-0.25, -0.2) is 27.5 Å². The van der Waals surface area contributed by atoms with Crippen LogP contribution in [0.4, 0.5) is 10.1 Å². The van der Waals surface area contributed by atoms with E-state index < -0.39 is 15.8 Å². The van der Waals surface area contributed by atoms with Crippen LogP contribution in [0.15, 0.2) is 39.3 Å². The SMILES string of the molecule is Cc1csc(CCCCNc2ccc(S(=O)(=O)NCc3ncoc3C(C)(C)C)cc2F)n1. The number of benzene rings is 1. The molecule has 1 aromatic carbocycles. The van der Waals surface area contributed by atoms with Gasteiger partial charge in [-0.05, 0) is 44.4 Å². The Morgan fingerprint density at radius 3 is 2.66 bits per heavy atom. The van der Waals surface area contributed by atoms with Gasteiger partial charge in [-0.3, -0.25) is 0 Å². The number of halogens is 1. The van der Waals surface area contributed by atoms with E-state index in [4.69, 9.17) is 4.42 Å². The van der Waals surface area contributed by atoms with Crippen molar-refractivity contribution in [1.29, 1.82) is 0 Å². The second-order valence-corrected chi connectivity index (χ2v) is 11.3. The monoisotopic (exact) mass is 480 g/mol. The summed E-state index contributed by atoms with van der Waals surface area (Å²) in [6.45, 7) is 8.38. The van der Waals surface area contributed by atoms with E-state index in [0.717, 1.165) is 36.0 Å². The molecule has 2 N–H and O–H groups in total. The highest BCUT2D eigenvalue weighted by Gasteiger charge is 2.24. The van der Waals surface area contributed by atoms with Crippen LogP contribution in [0.5, 0.6) is 0 Å². The largest absolute Gasteiger partial charge is 0.448 e. The molecule has 0 radical (unpaired) electrons. The zero-order valence-corrected chi connectivity index (χ0v) is 20.4. The van der Waals surface area contributed by atoms with Crippen LogP contribution >= 0.6 is 11.3 Å². The van der Waals surface area contributed by atoms with Crippen molar-refractivity contribution in [1.82, 2.24) is 14.7 Å². The smallest absolute Gasteiger partial charge is 0.241 e. The van der Waals surface area contributed by atoms with E-state index >= 15 is 0 Å². The summed E-state index contributed by atoms with van der Waals surface area (Å²) in [5.41, 5.74) is 1.51. The number of anilines is 1. The average Bonchev–Trinajstić information content (AvgIpc) is 3.36. The number of sulfonamides is 1. The molecule has 0 saturated carbocycles. The first-order valence-electron chi connectivity index (χ1n) is 10.4. The zero-order chi connectivity index (χ0) is 23.4. The van der Waals surface area contributed by atoms with E-state index in [9.17, 15) is 12.8 Å². The Morgan fingerprint density at radius 2 is 2.00 bits per heavy atom. The molecule has 0 aliphatic heterocycles. The number of rotatable bonds is 10. The highest BCUT2D eigenvalue weighted by atomic mass is 32.2. The molecule has 0 amide bonds. The van der Waals surface area contributed by atoms with Gasteiger partial charge in [0.2, 0.25) is 10.0 Å². The normalized spacial score (nSPS) is 12.3. The van der Waals surface area contributed by atoms with Crippen LogP contribution in [0, 0.1) is 12.7 Å². The predicted octanol–water partition coefficient (Wildman–Crippen LogP) is 4.79. The summed E-state index contributed by atoms with van der Waals surface area (Å²) in [6, 6.07) is 3.86. The molecule has 7 nitrogen and oxygen atoms in total. The Kier molecular flexibility index (Phi) is 7.68. The van der Waals surface area contributed by atoms with Gasteiger partial charge in [0.25, 0.3) is 0 Å². The third-order valence-corrected chi connectivity index (χ3v) is 7.23. The van der Waals surface area contributed by atoms with E-state index in [-0.39, 0.29) is 22.5 Å². The van der Waals surface area contributed by atoms with E-state index in [2.05, 4.69) is 20.0 Å². The van der Waals surface area contributed by atoms with Crippen LogP contribution < -0.4 is 10.0 Å². The number of nitrogens with one attached hydrogen (secondary N) is 2. The first-order valence-corrected chi connectivity index (χ1v) is 12.8. The van der Waals surface area contributed by atoms with Gasteiger partial charge in [-0.2, -0.15) is 0 Å². The molecule has 0 unspecified atom stereocenters. The van der Waals surface area contributed by atoms with Crippen LogP contribution in [0.25, 0.3) is 0 Å². The van der Waals surface area contributed by atoms with Crippen LogP contribution in [0.1, 0.15) is 55.8 Å². The third-order valence-electron chi connectivity index (χ3n) is 4.80. The highest BCUT2D eigenvalue weighted by Crippen LogP contribution is 2.26. The number of unbranched alkanes of at least 4 members (excludes halogenated alkanes) is 1. The Hall–Kier alpha value is -2.30. The molecular formula is C22H29FN4O3S2. The number of oxazole rings is 1. The van der Waals surface area contributed by atoms with Crippen LogP contribution in [-0.2, 0) is 28.4 Å². The molecule has 2 aromatic heterocycles. The van der Waals surface area contributed by atoms with Crippen molar-refractivity contribution < 1.29 is 17.2 Å². The standard InChI is InChI=1S/C22H29FN4O3S2/c1-15-13-31-20(27-15)7-5-6-10-24-18-9-8-16(11-17(18)23)32(28,29)26-12-19-21(22(2,3)4)30-14-25-19/h8-9,11,13-14,24,26H,5-7,10,12H2,1-4H3. The molecule has 0 bridgehead atoms. The molecule has 0 atom stereocenters. The molecule has 0 spiro atoms. The van der Waals surface area contributed by atoms with Gasteiger partial charge in [-0.15, -0.1) is 11.3 Å². The van der Waals surface area contributed by atoms with Crippen molar-refractivity contribution in [3.63, 3.8) is 0 Å². The molecule has 0 aliphatic rings. The Labute approximate surface area is 192 Å². The van der Waals surface area contributed by atoms with Crippen molar-refractivity contribution in [3.8, 4) is 0 Å². The topological polar surface area (TPSA) is 97.1 Å². The van der Waals surface area contributed by atoms with E-state index in [1.54, 1.807) is 11.3 Å². The van der Waals surface area contributed by atoms with E-state index in [0.29, 0.717) is 18.0 Å². The van der Waals surface area contributed by atoms with Gasteiger partial charge in [0.05, 0.1) is 27.8 Å². The van der Waals surface area contributed by atoms with E-state index in [1.165, 1.54) is 18.5 Å². The van der Waals surface area contributed by atoms with Crippen molar-refractivity contribution in [2.75, 3.05) is 11.9 Å². The summed E-state index contributed by atoms with van der Waals surface area (Å²) in [4.78, 5) is 8.39.